The Balaban J connectivity index is 0.00000363. The van der Waals surface area contributed by atoms with Crippen molar-refractivity contribution in [3.63, 3.8) is 0 Å². The second kappa shape index (κ2) is 13.6. The van der Waals surface area contributed by atoms with Gasteiger partial charge in [-0.25, -0.2) is 4.39 Å². The van der Waals surface area contributed by atoms with Crippen molar-refractivity contribution in [2.75, 3.05) is 39.8 Å². The maximum atomic E-state index is 13.9. The third-order valence-corrected chi connectivity index (χ3v) is 5.58. The lowest BCUT2D eigenvalue weighted by Gasteiger charge is -2.27. The van der Waals surface area contributed by atoms with Crippen molar-refractivity contribution in [3.05, 3.63) is 65.5 Å². The quantitative estimate of drug-likeness (QED) is 0.249. The van der Waals surface area contributed by atoms with Gasteiger partial charge >= 0.3 is 0 Å². The van der Waals surface area contributed by atoms with Crippen LogP contribution in [0.25, 0.3) is 0 Å². The maximum absolute atomic E-state index is 13.9. The van der Waals surface area contributed by atoms with E-state index in [0.29, 0.717) is 19.0 Å². The summed E-state index contributed by atoms with van der Waals surface area (Å²) in [6.07, 6.45) is 1.44. The minimum Gasteiger partial charge on any atom is -0.497 e. The standard InChI is InChI=1S/C24H33FN4O2.HI/c1-3-26-24(28-17-23(30)20-8-4-5-9-21(20)25)27-16-22(29-14-6-7-15-29)18-10-12-19(31-2)13-11-18;/h4-5,8-13,22-23,30H,3,6-7,14-17H2,1-2H3,(H2,26,27,28);1H. The molecule has 2 atom stereocenters. The van der Waals surface area contributed by atoms with Gasteiger partial charge < -0.3 is 20.5 Å². The van der Waals surface area contributed by atoms with Crippen LogP contribution in [0, 0.1) is 5.82 Å². The summed E-state index contributed by atoms with van der Waals surface area (Å²) >= 11 is 0. The molecule has 0 saturated carbocycles. The molecule has 1 heterocycles. The zero-order chi connectivity index (χ0) is 22.1. The highest BCUT2D eigenvalue weighted by molar-refractivity contribution is 14.0. The molecule has 6 nitrogen and oxygen atoms in total. The van der Waals surface area contributed by atoms with Crippen molar-refractivity contribution in [1.82, 2.24) is 15.5 Å². The van der Waals surface area contributed by atoms with Crippen LogP contribution in [0.15, 0.2) is 53.5 Å². The molecule has 0 radical (unpaired) electrons. The number of hydrogen-bond acceptors (Lipinski definition) is 4. The van der Waals surface area contributed by atoms with Crippen LogP contribution in [-0.4, -0.2) is 55.8 Å². The highest BCUT2D eigenvalue weighted by Gasteiger charge is 2.23. The number of nitrogens with zero attached hydrogens (tertiary/aromatic N) is 2. The Morgan fingerprint density at radius 3 is 2.44 bits per heavy atom. The van der Waals surface area contributed by atoms with E-state index in [9.17, 15) is 9.50 Å². The highest BCUT2D eigenvalue weighted by atomic mass is 127. The maximum Gasteiger partial charge on any atom is 0.191 e. The molecular formula is C24H34FIN4O2. The molecule has 32 heavy (non-hydrogen) atoms. The summed E-state index contributed by atoms with van der Waals surface area (Å²) in [4.78, 5) is 7.24. The van der Waals surface area contributed by atoms with E-state index >= 15 is 0 Å². The molecule has 1 aliphatic heterocycles. The van der Waals surface area contributed by atoms with Gasteiger partial charge in [0, 0.05) is 18.7 Å². The summed E-state index contributed by atoms with van der Waals surface area (Å²) in [5.74, 6) is 1.03. The van der Waals surface area contributed by atoms with Crippen LogP contribution in [0.3, 0.4) is 0 Å². The molecule has 0 spiro atoms. The van der Waals surface area contributed by atoms with Crippen LogP contribution < -0.4 is 15.4 Å². The van der Waals surface area contributed by atoms with E-state index in [0.717, 1.165) is 18.8 Å². The zero-order valence-electron chi connectivity index (χ0n) is 18.8. The summed E-state index contributed by atoms with van der Waals surface area (Å²) in [7, 11) is 1.67. The van der Waals surface area contributed by atoms with Gasteiger partial charge in [-0.15, -0.1) is 24.0 Å². The second-order valence-electron chi connectivity index (χ2n) is 7.67. The first kappa shape index (κ1) is 26.3. The number of aliphatic hydroxyl groups excluding tert-OH is 1. The van der Waals surface area contributed by atoms with Crippen LogP contribution >= 0.6 is 24.0 Å². The number of halogens is 2. The molecule has 2 aromatic carbocycles. The van der Waals surface area contributed by atoms with Gasteiger partial charge in [0.05, 0.1) is 25.8 Å². The number of guanidine groups is 1. The SMILES string of the molecule is CCNC(=NCC(c1ccc(OC)cc1)N1CCCC1)NCC(O)c1ccccc1F.I. The number of aliphatic hydroxyl groups is 1. The number of likely N-dealkylation sites (tertiary alicyclic amines) is 1. The molecule has 1 saturated heterocycles. The number of methoxy groups -OCH3 is 1. The Morgan fingerprint density at radius 1 is 1.12 bits per heavy atom. The Bertz CT molecular complexity index is 844. The summed E-state index contributed by atoms with van der Waals surface area (Å²) in [5, 5.41) is 16.8. The van der Waals surface area contributed by atoms with E-state index in [1.54, 1.807) is 25.3 Å². The van der Waals surface area contributed by atoms with Gasteiger partial charge in [-0.2, -0.15) is 0 Å². The van der Waals surface area contributed by atoms with Crippen molar-refractivity contribution in [2.45, 2.75) is 31.9 Å². The van der Waals surface area contributed by atoms with Crippen molar-refractivity contribution in [3.8, 4) is 5.75 Å². The van der Waals surface area contributed by atoms with Crippen LogP contribution in [0.4, 0.5) is 4.39 Å². The number of ether oxygens (including phenoxy) is 1. The van der Waals surface area contributed by atoms with Gasteiger partial charge in [0.2, 0.25) is 0 Å². The minimum atomic E-state index is -0.957. The van der Waals surface area contributed by atoms with Crippen molar-refractivity contribution in [2.24, 2.45) is 4.99 Å². The van der Waals surface area contributed by atoms with E-state index in [2.05, 4.69) is 27.7 Å². The minimum absolute atomic E-state index is 0. The molecular weight excluding hydrogens is 522 g/mol. The summed E-state index contributed by atoms with van der Waals surface area (Å²) < 4.78 is 19.2. The predicted molar refractivity (Wildman–Crippen MR) is 137 cm³/mol. The van der Waals surface area contributed by atoms with Crippen molar-refractivity contribution >= 4 is 29.9 Å². The molecule has 2 aromatic rings. The Morgan fingerprint density at radius 2 is 1.81 bits per heavy atom. The van der Waals surface area contributed by atoms with E-state index in [1.807, 2.05) is 19.1 Å². The van der Waals surface area contributed by atoms with E-state index in [-0.39, 0.29) is 42.1 Å². The molecule has 3 N–H and O–H groups in total. The summed E-state index contributed by atoms with van der Waals surface area (Å²) in [6, 6.07) is 14.6. The average Bonchev–Trinajstić information content (AvgIpc) is 3.32. The lowest BCUT2D eigenvalue weighted by molar-refractivity contribution is 0.176. The van der Waals surface area contributed by atoms with Gasteiger partial charge in [-0.3, -0.25) is 9.89 Å². The third-order valence-electron chi connectivity index (χ3n) is 5.58. The fraction of sp³-hybridized carbons (Fsp3) is 0.458. The largest absolute Gasteiger partial charge is 0.497 e. The first-order valence-electron chi connectivity index (χ1n) is 10.9. The molecule has 1 aliphatic rings. The van der Waals surface area contributed by atoms with E-state index < -0.39 is 11.9 Å². The molecule has 8 heteroatoms. The molecule has 0 amide bonds. The molecule has 0 aromatic heterocycles. The topological polar surface area (TPSA) is 69.1 Å². The number of nitrogens with one attached hydrogen (secondary N) is 2. The molecule has 0 aliphatic carbocycles. The smallest absolute Gasteiger partial charge is 0.191 e. The van der Waals surface area contributed by atoms with Crippen molar-refractivity contribution in [1.29, 1.82) is 0 Å². The number of hydrogen-bond donors (Lipinski definition) is 3. The zero-order valence-corrected chi connectivity index (χ0v) is 21.1. The molecule has 3 rings (SSSR count). The first-order chi connectivity index (χ1) is 15.1. The number of aliphatic imine (C=N–C) groups is 1. The van der Waals surface area contributed by atoms with Gasteiger partial charge in [-0.05, 0) is 56.6 Å². The van der Waals surface area contributed by atoms with Gasteiger partial charge in [0.25, 0.3) is 0 Å². The normalized spacial score (nSPS) is 16.2. The Kier molecular flexibility index (Phi) is 11.2. The predicted octanol–water partition coefficient (Wildman–Crippen LogP) is 3.88. The highest BCUT2D eigenvalue weighted by Crippen LogP contribution is 2.27. The molecule has 0 bridgehead atoms. The fourth-order valence-corrected chi connectivity index (χ4v) is 3.88. The lowest BCUT2D eigenvalue weighted by atomic mass is 10.1. The lowest BCUT2D eigenvalue weighted by Crippen LogP contribution is -2.40. The van der Waals surface area contributed by atoms with Gasteiger partial charge in [0.1, 0.15) is 11.6 Å². The van der Waals surface area contributed by atoms with Crippen molar-refractivity contribution < 1.29 is 14.2 Å². The van der Waals surface area contributed by atoms with Crippen LogP contribution in [0.1, 0.15) is 43.0 Å². The first-order valence-corrected chi connectivity index (χ1v) is 10.9. The number of benzene rings is 2. The fourth-order valence-electron chi connectivity index (χ4n) is 3.88. The number of rotatable bonds is 9. The summed E-state index contributed by atoms with van der Waals surface area (Å²) in [5.41, 5.74) is 1.48. The van der Waals surface area contributed by atoms with Crippen LogP contribution in [0.5, 0.6) is 5.75 Å². The Labute approximate surface area is 207 Å². The van der Waals surface area contributed by atoms with Crippen LogP contribution in [0.2, 0.25) is 0 Å². The van der Waals surface area contributed by atoms with E-state index in [1.165, 1.54) is 24.5 Å². The molecule has 176 valence electrons. The van der Waals surface area contributed by atoms with Gasteiger partial charge in [0.15, 0.2) is 5.96 Å². The molecule has 1 fully saturated rings. The average molecular weight is 556 g/mol. The van der Waals surface area contributed by atoms with Crippen LogP contribution in [-0.2, 0) is 0 Å². The third kappa shape index (κ3) is 7.31. The van der Waals surface area contributed by atoms with Gasteiger partial charge in [-0.1, -0.05) is 30.3 Å². The molecule has 2 unspecified atom stereocenters. The Hall–Kier alpha value is -1.91. The second-order valence-corrected chi connectivity index (χ2v) is 7.67. The van der Waals surface area contributed by atoms with E-state index in [4.69, 9.17) is 9.73 Å². The summed E-state index contributed by atoms with van der Waals surface area (Å²) in [6.45, 7) is 5.55. The monoisotopic (exact) mass is 556 g/mol.